The van der Waals surface area contributed by atoms with Gasteiger partial charge in [0.2, 0.25) is 0 Å². The minimum atomic E-state index is -0.673. The molecule has 1 aliphatic rings. The lowest BCUT2D eigenvalue weighted by Crippen LogP contribution is -2.48. The first kappa shape index (κ1) is 16.3. The summed E-state index contributed by atoms with van der Waals surface area (Å²) in [4.78, 5) is 22.5. The van der Waals surface area contributed by atoms with Crippen molar-refractivity contribution in [2.75, 3.05) is 6.61 Å². The number of hydrogen-bond donors (Lipinski definition) is 1. The molecule has 6 heteroatoms. The number of hydrogen-bond acceptors (Lipinski definition) is 6. The Bertz CT molecular complexity index is 902. The van der Waals surface area contributed by atoms with Crippen LogP contribution in [0.4, 0.5) is 0 Å². The van der Waals surface area contributed by atoms with Crippen LogP contribution < -0.4 is 10.2 Å². The van der Waals surface area contributed by atoms with Crippen molar-refractivity contribution in [3.63, 3.8) is 0 Å². The zero-order valence-electron chi connectivity index (χ0n) is 13.7. The maximum Gasteiger partial charge on any atom is 0.196 e. The number of rotatable bonds is 3. The van der Waals surface area contributed by atoms with E-state index < -0.39 is 11.7 Å². The van der Waals surface area contributed by atoms with E-state index in [0.29, 0.717) is 23.5 Å². The molecule has 0 unspecified atom stereocenters. The van der Waals surface area contributed by atoms with Crippen molar-refractivity contribution in [1.29, 1.82) is 0 Å². The van der Waals surface area contributed by atoms with E-state index in [1.807, 2.05) is 13.8 Å². The first-order chi connectivity index (χ1) is 11.3. The molecule has 0 spiro atoms. The van der Waals surface area contributed by atoms with Crippen molar-refractivity contribution >= 4 is 16.9 Å². The summed E-state index contributed by atoms with van der Waals surface area (Å²) < 4.78 is 17.2. The van der Waals surface area contributed by atoms with Crippen LogP contribution in [0.15, 0.2) is 27.4 Å². The molecule has 24 heavy (non-hydrogen) atoms. The first-order valence-corrected chi connectivity index (χ1v) is 7.62. The van der Waals surface area contributed by atoms with Gasteiger partial charge in [-0.25, -0.2) is 4.79 Å². The van der Waals surface area contributed by atoms with Crippen LogP contribution in [0.25, 0.3) is 11.0 Å². The summed E-state index contributed by atoms with van der Waals surface area (Å²) in [5.74, 6) is 2.44. The van der Waals surface area contributed by atoms with Crippen LogP contribution in [-0.2, 0) is 16.0 Å². The first-order valence-electron chi connectivity index (χ1n) is 7.62. The molecule has 1 aromatic carbocycles. The van der Waals surface area contributed by atoms with Gasteiger partial charge >= 0.3 is 0 Å². The minimum Gasteiger partial charge on any atom is -0.507 e. The molecule has 0 amide bonds. The molecule has 0 radical (unpaired) electrons. The Hall–Kier alpha value is -2.56. The Labute approximate surface area is 138 Å². The third kappa shape index (κ3) is 2.70. The van der Waals surface area contributed by atoms with E-state index in [1.54, 1.807) is 18.9 Å². The lowest BCUT2D eigenvalue weighted by atomic mass is 9.89. The molecule has 2 heterocycles. The van der Waals surface area contributed by atoms with Crippen LogP contribution in [0.5, 0.6) is 11.5 Å². The number of fused-ring (bicyclic) bond motifs is 2. The summed E-state index contributed by atoms with van der Waals surface area (Å²) in [6, 6.07) is 2.97. The molecular weight excluding hydrogens is 312 g/mol. The van der Waals surface area contributed by atoms with E-state index >= 15 is 0 Å². The van der Waals surface area contributed by atoms with Gasteiger partial charge in [-0.1, -0.05) is 0 Å². The molecule has 1 N–H and O–H groups in total. The summed E-state index contributed by atoms with van der Waals surface area (Å²) in [5.41, 5.74) is -0.192. The van der Waals surface area contributed by atoms with Gasteiger partial charge in [-0.3, -0.25) is 4.79 Å². The molecule has 1 atom stereocenters. The van der Waals surface area contributed by atoms with Gasteiger partial charge in [-0.2, -0.15) is 0 Å². The number of carbonyl (C=O) groups excluding carboxylic acids is 1. The molecule has 0 aliphatic carbocycles. The van der Waals surface area contributed by atoms with E-state index in [1.165, 1.54) is 12.1 Å². The molecule has 1 aromatic heterocycles. The highest BCUT2D eigenvalue weighted by Crippen LogP contribution is 2.42. The number of benzene rings is 1. The molecule has 0 saturated heterocycles. The number of phenols is 1. The number of aromatic hydroxyl groups is 1. The summed E-state index contributed by atoms with van der Waals surface area (Å²) in [7, 11) is 0. The Kier molecular flexibility index (Phi) is 3.95. The van der Waals surface area contributed by atoms with Crippen LogP contribution in [0.3, 0.4) is 0 Å². The van der Waals surface area contributed by atoms with Crippen LogP contribution in [0.1, 0.15) is 25.2 Å². The van der Waals surface area contributed by atoms with Crippen LogP contribution >= 0.6 is 0 Å². The van der Waals surface area contributed by atoms with Gasteiger partial charge < -0.3 is 19.0 Å². The smallest absolute Gasteiger partial charge is 0.196 e. The molecule has 2 aromatic rings. The zero-order chi connectivity index (χ0) is 17.5. The lowest BCUT2D eigenvalue weighted by molar-refractivity contribution is -0.0756. The Morgan fingerprint density at radius 3 is 2.92 bits per heavy atom. The van der Waals surface area contributed by atoms with Crippen molar-refractivity contribution in [2.45, 2.75) is 38.9 Å². The highest BCUT2D eigenvalue weighted by atomic mass is 16.6. The number of aryl methyl sites for hydroxylation is 1. The highest BCUT2D eigenvalue weighted by molar-refractivity contribution is 5.87. The SMILES string of the molecule is Cc1cc(=O)c2c(O)c3c(cc2o1)OC(C)(C)[C@@H](OCC=C=O)C3. The van der Waals surface area contributed by atoms with Gasteiger partial charge in [0.05, 0.1) is 6.61 Å². The molecule has 0 bridgehead atoms. The molecule has 3 rings (SSSR count). The fourth-order valence-electron chi connectivity index (χ4n) is 2.97. The van der Waals surface area contributed by atoms with Crippen molar-refractivity contribution in [3.8, 4) is 11.5 Å². The van der Waals surface area contributed by atoms with Crippen LogP contribution in [0.2, 0.25) is 0 Å². The van der Waals surface area contributed by atoms with E-state index in [9.17, 15) is 14.7 Å². The average Bonchev–Trinajstić information content (AvgIpc) is 2.47. The van der Waals surface area contributed by atoms with E-state index in [4.69, 9.17) is 13.9 Å². The third-order valence-electron chi connectivity index (χ3n) is 4.18. The fourth-order valence-corrected chi connectivity index (χ4v) is 2.97. The molecule has 0 fully saturated rings. The number of phenolic OH excluding ortho intramolecular Hbond substituents is 1. The Balaban J connectivity index is 2.11. The molecule has 6 nitrogen and oxygen atoms in total. The van der Waals surface area contributed by atoms with Gasteiger partial charge in [0, 0.05) is 30.2 Å². The molecule has 1 aliphatic heterocycles. The van der Waals surface area contributed by atoms with Gasteiger partial charge in [0.15, 0.2) is 5.43 Å². The summed E-state index contributed by atoms with van der Waals surface area (Å²) in [5, 5.41) is 10.7. The fraction of sp³-hybridized carbons (Fsp3) is 0.389. The van der Waals surface area contributed by atoms with E-state index in [-0.39, 0.29) is 28.8 Å². The second-order valence-corrected chi connectivity index (χ2v) is 6.35. The predicted octanol–water partition coefficient (Wildman–Crippen LogP) is 2.29. The van der Waals surface area contributed by atoms with Crippen LogP contribution in [-0.4, -0.2) is 29.4 Å². The summed E-state index contributed by atoms with van der Waals surface area (Å²) in [6.45, 7) is 5.50. The summed E-state index contributed by atoms with van der Waals surface area (Å²) in [6.07, 6.45) is 1.20. The van der Waals surface area contributed by atoms with Crippen LogP contribution in [0, 0.1) is 6.92 Å². The highest BCUT2D eigenvalue weighted by Gasteiger charge is 2.39. The monoisotopic (exact) mass is 330 g/mol. The Morgan fingerprint density at radius 1 is 1.46 bits per heavy atom. The quantitative estimate of drug-likeness (QED) is 0.869. The average molecular weight is 330 g/mol. The predicted molar refractivity (Wildman–Crippen MR) is 87.3 cm³/mol. The topological polar surface area (TPSA) is 86.0 Å². The van der Waals surface area contributed by atoms with E-state index in [0.717, 1.165) is 0 Å². The van der Waals surface area contributed by atoms with E-state index in [2.05, 4.69) is 0 Å². The van der Waals surface area contributed by atoms with Gasteiger partial charge in [0.1, 0.15) is 45.9 Å². The standard InChI is InChI=1S/C18H18O6/c1-10-7-12(20)16-14(23-10)9-13-11(17(16)21)8-15(18(2,3)24-13)22-6-4-5-19/h4,7,9,15,21H,6,8H2,1-3H3/t15-/m0/s1. The summed E-state index contributed by atoms with van der Waals surface area (Å²) >= 11 is 0. The second kappa shape index (κ2) is 5.82. The Morgan fingerprint density at radius 2 is 2.21 bits per heavy atom. The molecular formula is C18H18O6. The van der Waals surface area contributed by atoms with Crippen molar-refractivity contribution in [2.24, 2.45) is 0 Å². The van der Waals surface area contributed by atoms with Gasteiger partial charge in [-0.15, -0.1) is 0 Å². The molecule has 126 valence electrons. The minimum absolute atomic E-state index is 0.103. The number of ether oxygens (including phenoxy) is 2. The van der Waals surface area contributed by atoms with Crippen molar-refractivity contribution in [1.82, 2.24) is 0 Å². The maximum atomic E-state index is 12.2. The maximum absolute atomic E-state index is 12.2. The largest absolute Gasteiger partial charge is 0.507 e. The molecule has 0 saturated carbocycles. The lowest BCUT2D eigenvalue weighted by Gasteiger charge is -2.39. The van der Waals surface area contributed by atoms with Gasteiger partial charge in [0.25, 0.3) is 0 Å². The van der Waals surface area contributed by atoms with Crippen molar-refractivity contribution in [3.05, 3.63) is 39.8 Å². The van der Waals surface area contributed by atoms with Crippen molar-refractivity contribution < 1.29 is 23.8 Å². The third-order valence-corrected chi connectivity index (χ3v) is 4.18. The normalized spacial score (nSPS) is 18.5. The van der Waals surface area contributed by atoms with Gasteiger partial charge in [-0.05, 0) is 20.8 Å². The second-order valence-electron chi connectivity index (χ2n) is 6.35. The zero-order valence-corrected chi connectivity index (χ0v) is 13.7.